The summed E-state index contributed by atoms with van der Waals surface area (Å²) >= 11 is 0. The summed E-state index contributed by atoms with van der Waals surface area (Å²) in [4.78, 5) is 5.00. The highest BCUT2D eigenvalue weighted by Crippen LogP contribution is 2.26. The lowest BCUT2D eigenvalue weighted by atomic mass is 10.1. The molecule has 0 saturated heterocycles. The number of alkyl halides is 3. The molecule has 0 spiro atoms. The van der Waals surface area contributed by atoms with Gasteiger partial charge >= 0.3 is 6.36 Å². The molecule has 6 heteroatoms. The summed E-state index contributed by atoms with van der Waals surface area (Å²) in [6, 6.07) is 13.3. The first-order valence-corrected chi connectivity index (χ1v) is 6.98. The normalized spacial score (nSPS) is 11.7. The number of nitrogens with zero attached hydrogens (tertiary/aromatic N) is 1. The van der Waals surface area contributed by atoms with Gasteiger partial charge in [0.1, 0.15) is 18.6 Å². The fourth-order valence-corrected chi connectivity index (χ4v) is 1.85. The Morgan fingerprint density at radius 1 is 1.04 bits per heavy atom. The van der Waals surface area contributed by atoms with Gasteiger partial charge in [-0.3, -0.25) is 0 Å². The van der Waals surface area contributed by atoms with Crippen LogP contribution in [0, 0.1) is 0 Å². The van der Waals surface area contributed by atoms with Crippen LogP contribution in [0.3, 0.4) is 0 Å². The Hall–Kier alpha value is -2.50. The Balaban J connectivity index is 1.94. The van der Waals surface area contributed by atoms with Crippen LogP contribution in [-0.2, 0) is 17.9 Å². The molecule has 0 fully saturated rings. The fourth-order valence-electron chi connectivity index (χ4n) is 1.85. The maximum Gasteiger partial charge on any atom is 0.573 e. The van der Waals surface area contributed by atoms with E-state index < -0.39 is 6.36 Å². The van der Waals surface area contributed by atoms with Gasteiger partial charge in [0.25, 0.3) is 0 Å². The van der Waals surface area contributed by atoms with Crippen molar-refractivity contribution in [2.24, 2.45) is 5.16 Å². The Bertz CT molecular complexity index is 652. The molecule has 2 aromatic rings. The van der Waals surface area contributed by atoms with Gasteiger partial charge in [0, 0.05) is 11.1 Å². The van der Waals surface area contributed by atoms with Crippen molar-refractivity contribution in [1.82, 2.24) is 0 Å². The lowest BCUT2D eigenvalue weighted by molar-refractivity contribution is -0.275. The molecule has 3 nitrogen and oxygen atoms in total. The minimum atomic E-state index is -4.74. The van der Waals surface area contributed by atoms with Crippen molar-refractivity contribution in [1.29, 1.82) is 0 Å². The van der Waals surface area contributed by atoms with Gasteiger partial charge in [0.15, 0.2) is 0 Å². The molecular formula is C17H15F3NO2. The number of halogens is 3. The van der Waals surface area contributed by atoms with Gasteiger partial charge in [0.05, 0.1) is 0 Å². The van der Waals surface area contributed by atoms with Crippen LogP contribution in [0.1, 0.15) is 23.6 Å². The van der Waals surface area contributed by atoms with Crippen molar-refractivity contribution in [3.63, 3.8) is 0 Å². The first kappa shape index (κ1) is 16.9. The number of benzene rings is 2. The standard InChI is InChI=1S/C17H15F3NO2/c1-2-13-7-9-14(10-8-13)11-21-22-12-15-5-3-4-6-16(15)23-17(18,19)20/h3-10H,2,12H2,1H3. The molecule has 0 saturated carbocycles. The average Bonchev–Trinajstić information content (AvgIpc) is 2.52. The zero-order valence-electron chi connectivity index (χ0n) is 12.4. The van der Waals surface area contributed by atoms with Gasteiger partial charge in [-0.2, -0.15) is 0 Å². The highest BCUT2D eigenvalue weighted by molar-refractivity contribution is 5.79. The SMILES string of the molecule is CCc1ccc(/[C]=N\OCc2ccccc2OC(F)(F)F)cc1. The summed E-state index contributed by atoms with van der Waals surface area (Å²) in [5.41, 5.74) is 2.16. The highest BCUT2D eigenvalue weighted by Gasteiger charge is 2.32. The van der Waals surface area contributed by atoms with Gasteiger partial charge in [-0.15, -0.1) is 13.2 Å². The Labute approximate surface area is 132 Å². The van der Waals surface area contributed by atoms with Crippen LogP contribution in [0.15, 0.2) is 53.7 Å². The van der Waals surface area contributed by atoms with E-state index in [1.807, 2.05) is 24.3 Å². The van der Waals surface area contributed by atoms with Gasteiger partial charge in [-0.25, -0.2) is 0 Å². The third kappa shape index (κ3) is 5.65. The molecule has 2 aromatic carbocycles. The van der Waals surface area contributed by atoms with Crippen LogP contribution >= 0.6 is 0 Å². The lowest BCUT2D eigenvalue weighted by Gasteiger charge is -2.12. The number of rotatable bonds is 6. The molecule has 0 amide bonds. The van der Waals surface area contributed by atoms with Gasteiger partial charge in [0.2, 0.25) is 0 Å². The summed E-state index contributed by atoms with van der Waals surface area (Å²) in [6.07, 6.45) is -1.14. The molecule has 0 unspecified atom stereocenters. The number of para-hydroxylation sites is 1. The molecule has 2 rings (SSSR count). The second-order valence-electron chi connectivity index (χ2n) is 4.68. The first-order chi connectivity index (χ1) is 11.0. The van der Waals surface area contributed by atoms with Crippen LogP contribution in [0.2, 0.25) is 0 Å². The molecule has 0 atom stereocenters. The van der Waals surface area contributed by atoms with Crippen LogP contribution in [0.25, 0.3) is 0 Å². The molecule has 0 aliphatic carbocycles. The molecule has 121 valence electrons. The van der Waals surface area contributed by atoms with Crippen LogP contribution < -0.4 is 4.74 Å². The number of hydrogen-bond donors (Lipinski definition) is 0. The topological polar surface area (TPSA) is 30.8 Å². The molecule has 1 radical (unpaired) electrons. The van der Waals surface area contributed by atoms with E-state index in [1.165, 1.54) is 23.8 Å². The molecule has 0 aliphatic rings. The van der Waals surface area contributed by atoms with E-state index in [9.17, 15) is 13.2 Å². The molecule has 0 bridgehead atoms. The van der Waals surface area contributed by atoms with Crippen molar-refractivity contribution in [3.05, 3.63) is 65.2 Å². The van der Waals surface area contributed by atoms with Crippen LogP contribution in [-0.4, -0.2) is 12.6 Å². The highest BCUT2D eigenvalue weighted by atomic mass is 19.4. The minimum absolute atomic E-state index is 0.147. The number of ether oxygens (including phenoxy) is 1. The smallest absolute Gasteiger partial charge is 0.405 e. The summed E-state index contributed by atoms with van der Waals surface area (Å²) in [5.74, 6) is -0.303. The molecular weight excluding hydrogens is 307 g/mol. The monoisotopic (exact) mass is 322 g/mol. The van der Waals surface area contributed by atoms with Crippen molar-refractivity contribution < 1.29 is 22.7 Å². The van der Waals surface area contributed by atoms with Crippen LogP contribution in [0.4, 0.5) is 13.2 Å². The van der Waals surface area contributed by atoms with E-state index in [1.54, 1.807) is 6.07 Å². The summed E-state index contributed by atoms with van der Waals surface area (Å²) in [6.45, 7) is 1.91. The minimum Gasteiger partial charge on any atom is -0.405 e. The summed E-state index contributed by atoms with van der Waals surface area (Å²) in [5, 5.41) is 3.64. The summed E-state index contributed by atoms with van der Waals surface area (Å²) in [7, 11) is 0. The Morgan fingerprint density at radius 3 is 2.39 bits per heavy atom. The van der Waals surface area contributed by atoms with E-state index >= 15 is 0 Å². The molecule has 0 N–H and O–H groups in total. The predicted octanol–water partition coefficient (Wildman–Crippen LogP) is 4.58. The van der Waals surface area contributed by atoms with Crippen molar-refractivity contribution in [3.8, 4) is 5.75 Å². The number of hydrogen-bond acceptors (Lipinski definition) is 3. The van der Waals surface area contributed by atoms with Crippen molar-refractivity contribution >= 4 is 6.21 Å². The van der Waals surface area contributed by atoms with Gasteiger partial charge in [-0.1, -0.05) is 54.5 Å². The fraction of sp³-hybridized carbons (Fsp3) is 0.235. The molecule has 0 aliphatic heterocycles. The van der Waals surface area contributed by atoms with Crippen molar-refractivity contribution in [2.45, 2.75) is 26.3 Å². The zero-order valence-corrected chi connectivity index (χ0v) is 12.4. The Kier molecular flexibility index (Phi) is 5.62. The first-order valence-electron chi connectivity index (χ1n) is 6.98. The molecule has 0 aromatic heterocycles. The second kappa shape index (κ2) is 7.67. The third-order valence-electron chi connectivity index (χ3n) is 3.02. The van der Waals surface area contributed by atoms with Gasteiger partial charge < -0.3 is 9.57 Å². The summed E-state index contributed by atoms with van der Waals surface area (Å²) < 4.78 is 40.8. The Morgan fingerprint density at radius 2 is 1.74 bits per heavy atom. The maximum atomic E-state index is 12.3. The van der Waals surface area contributed by atoms with E-state index in [0.29, 0.717) is 0 Å². The maximum absolute atomic E-state index is 12.3. The molecule has 0 heterocycles. The van der Waals surface area contributed by atoms with Crippen molar-refractivity contribution in [2.75, 3.05) is 0 Å². The number of aryl methyl sites for hydroxylation is 1. The predicted molar refractivity (Wildman–Crippen MR) is 80.3 cm³/mol. The van der Waals surface area contributed by atoms with E-state index in [4.69, 9.17) is 4.84 Å². The van der Waals surface area contributed by atoms with E-state index in [2.05, 4.69) is 23.0 Å². The van der Waals surface area contributed by atoms with Crippen LogP contribution in [0.5, 0.6) is 5.75 Å². The van der Waals surface area contributed by atoms with E-state index in [-0.39, 0.29) is 17.9 Å². The van der Waals surface area contributed by atoms with Gasteiger partial charge in [-0.05, 0) is 18.1 Å². The zero-order chi connectivity index (χ0) is 16.7. The second-order valence-corrected chi connectivity index (χ2v) is 4.68. The van der Waals surface area contributed by atoms with E-state index in [0.717, 1.165) is 12.0 Å². The quantitative estimate of drug-likeness (QED) is 0.576. The lowest BCUT2D eigenvalue weighted by Crippen LogP contribution is -2.18. The molecule has 23 heavy (non-hydrogen) atoms. The third-order valence-corrected chi connectivity index (χ3v) is 3.02. The average molecular weight is 322 g/mol. The largest absolute Gasteiger partial charge is 0.573 e.